The summed E-state index contributed by atoms with van der Waals surface area (Å²) in [5.74, 6) is -6.41. The van der Waals surface area contributed by atoms with Crippen LogP contribution in [0.25, 0.3) is 43.6 Å². The number of para-hydroxylation sites is 2. The lowest BCUT2D eigenvalue weighted by molar-refractivity contribution is 0.0387. The van der Waals surface area contributed by atoms with Crippen molar-refractivity contribution in [1.82, 2.24) is 9.13 Å². The molecule has 212 valence electrons. The number of aromatic nitrogens is 2. The highest BCUT2D eigenvalue weighted by atomic mass is 16.6. The first kappa shape index (κ1) is 27.1. The van der Waals surface area contributed by atoms with Crippen molar-refractivity contribution < 1.29 is 43.7 Å². The van der Waals surface area contributed by atoms with Gasteiger partial charge in [-0.25, -0.2) is 19.2 Å². The number of hydrogen-bond donors (Lipinski definition) is 2. The van der Waals surface area contributed by atoms with Crippen molar-refractivity contribution in [3.8, 4) is 0 Å². The predicted octanol–water partition coefficient (Wildman–Crippen LogP) is 5.62. The van der Waals surface area contributed by atoms with Gasteiger partial charge in [0.05, 0.1) is 44.3 Å². The van der Waals surface area contributed by atoms with Crippen molar-refractivity contribution in [2.24, 2.45) is 0 Å². The number of benzene rings is 4. The van der Waals surface area contributed by atoms with Crippen LogP contribution in [0.5, 0.6) is 0 Å². The number of ether oxygens (including phenoxy) is 1. The van der Waals surface area contributed by atoms with E-state index in [9.17, 15) is 39.0 Å². The van der Waals surface area contributed by atoms with Gasteiger partial charge in [0, 0.05) is 35.4 Å². The zero-order valence-electron chi connectivity index (χ0n) is 22.6. The van der Waals surface area contributed by atoms with Gasteiger partial charge >= 0.3 is 23.9 Å². The lowest BCUT2D eigenvalue weighted by atomic mass is 9.99. The number of rotatable bonds is 4. The summed E-state index contributed by atoms with van der Waals surface area (Å²) in [5, 5.41) is 21.3. The molecule has 0 radical (unpaired) electrons. The largest absolute Gasteiger partial charge is 0.478 e. The highest BCUT2D eigenvalue weighted by Gasteiger charge is 2.30. The standard InChI is InChI=1S/C32H20N2O9/c1-15(35)33-21-9-5-3-7-17(21)25-23(33)13-11-19(27(25)29(37)38)31(41)43-32(42)20-12-14-24-26(28(20)30(39)40)18-8-4-6-10-22(18)34(24)16(2)36/h3-14H,1-2H3,(H,37,38)(H,39,40). The average Bonchev–Trinajstić information content (AvgIpc) is 3.49. The Labute approximate surface area is 241 Å². The minimum absolute atomic E-state index is 0.102. The average molecular weight is 577 g/mol. The lowest BCUT2D eigenvalue weighted by Gasteiger charge is -2.11. The van der Waals surface area contributed by atoms with Crippen LogP contribution in [0, 0.1) is 0 Å². The summed E-state index contributed by atoms with van der Waals surface area (Å²) in [6.07, 6.45) is 0. The molecule has 0 aliphatic carbocycles. The summed E-state index contributed by atoms with van der Waals surface area (Å²) in [4.78, 5) is 76.6. The van der Waals surface area contributed by atoms with Crippen LogP contribution >= 0.6 is 0 Å². The summed E-state index contributed by atoms with van der Waals surface area (Å²) >= 11 is 0. The molecule has 0 unspecified atom stereocenters. The number of nitrogens with zero attached hydrogens (tertiary/aromatic N) is 2. The Kier molecular flexibility index (Phi) is 6.15. The Morgan fingerprint density at radius 2 is 0.907 bits per heavy atom. The van der Waals surface area contributed by atoms with Gasteiger partial charge in [0.2, 0.25) is 11.8 Å². The number of carbonyl (C=O) groups excluding carboxylic acids is 4. The molecule has 0 aliphatic rings. The third-order valence-electron chi connectivity index (χ3n) is 7.36. The second kappa shape index (κ2) is 9.77. The molecule has 6 aromatic rings. The van der Waals surface area contributed by atoms with Gasteiger partial charge in [0.15, 0.2) is 0 Å². The van der Waals surface area contributed by atoms with Crippen LogP contribution in [0.15, 0.2) is 72.8 Å². The van der Waals surface area contributed by atoms with Crippen molar-refractivity contribution in [3.63, 3.8) is 0 Å². The van der Waals surface area contributed by atoms with Gasteiger partial charge in [-0.3, -0.25) is 18.7 Å². The molecule has 0 spiro atoms. The summed E-state index contributed by atoms with van der Waals surface area (Å²) in [6.45, 7) is 2.63. The molecule has 4 aromatic carbocycles. The Hall–Kier alpha value is -6.10. The maximum Gasteiger partial charge on any atom is 0.346 e. The highest BCUT2D eigenvalue weighted by molar-refractivity contribution is 6.25. The van der Waals surface area contributed by atoms with E-state index < -0.39 is 46.1 Å². The number of hydrogen-bond acceptors (Lipinski definition) is 7. The Morgan fingerprint density at radius 1 is 0.535 bits per heavy atom. The van der Waals surface area contributed by atoms with Gasteiger partial charge in [0.25, 0.3) is 0 Å². The third kappa shape index (κ3) is 3.97. The van der Waals surface area contributed by atoms with Gasteiger partial charge in [-0.15, -0.1) is 0 Å². The first-order chi connectivity index (χ1) is 20.5. The van der Waals surface area contributed by atoms with Gasteiger partial charge in [0.1, 0.15) is 0 Å². The van der Waals surface area contributed by atoms with Crippen molar-refractivity contribution in [3.05, 3.63) is 95.1 Å². The molecular weight excluding hydrogens is 556 g/mol. The quantitative estimate of drug-likeness (QED) is 0.200. The first-order valence-corrected chi connectivity index (χ1v) is 12.9. The van der Waals surface area contributed by atoms with Crippen LogP contribution < -0.4 is 0 Å². The van der Waals surface area contributed by atoms with Gasteiger partial charge in [-0.05, 0) is 36.4 Å². The van der Waals surface area contributed by atoms with Crippen LogP contribution in [0.1, 0.15) is 64.9 Å². The second-order valence-electron chi connectivity index (χ2n) is 9.79. The molecule has 0 fully saturated rings. The zero-order chi connectivity index (χ0) is 30.7. The van der Waals surface area contributed by atoms with Gasteiger partial charge in [-0.2, -0.15) is 0 Å². The molecule has 11 heteroatoms. The molecule has 0 bridgehead atoms. The summed E-state index contributed by atoms with van der Waals surface area (Å²) in [5.41, 5.74) is -0.549. The van der Waals surface area contributed by atoms with Crippen molar-refractivity contribution in [2.75, 3.05) is 0 Å². The normalized spacial score (nSPS) is 11.3. The summed E-state index contributed by atoms with van der Waals surface area (Å²) in [7, 11) is 0. The molecule has 2 N–H and O–H groups in total. The zero-order valence-corrected chi connectivity index (χ0v) is 22.6. The molecule has 43 heavy (non-hydrogen) atoms. The maximum absolute atomic E-state index is 13.3. The van der Waals surface area contributed by atoms with E-state index >= 15 is 0 Å². The molecule has 0 amide bonds. The van der Waals surface area contributed by atoms with Crippen LogP contribution in [-0.2, 0) is 4.74 Å². The van der Waals surface area contributed by atoms with Crippen LogP contribution in [0.4, 0.5) is 0 Å². The van der Waals surface area contributed by atoms with Crippen molar-refractivity contribution in [2.45, 2.75) is 13.8 Å². The summed E-state index contributed by atoms with van der Waals surface area (Å²) < 4.78 is 7.73. The number of aromatic carboxylic acids is 2. The fourth-order valence-electron chi connectivity index (χ4n) is 5.78. The van der Waals surface area contributed by atoms with E-state index in [0.717, 1.165) is 12.1 Å². The summed E-state index contributed by atoms with van der Waals surface area (Å²) in [6, 6.07) is 18.2. The topological polar surface area (TPSA) is 162 Å². The molecule has 6 rings (SSSR count). The molecule has 0 saturated heterocycles. The Balaban J connectivity index is 1.51. The van der Waals surface area contributed by atoms with E-state index in [2.05, 4.69) is 0 Å². The van der Waals surface area contributed by atoms with E-state index in [-0.39, 0.29) is 33.6 Å². The molecule has 11 nitrogen and oxygen atoms in total. The fourth-order valence-corrected chi connectivity index (χ4v) is 5.78. The minimum atomic E-state index is -1.50. The van der Waals surface area contributed by atoms with Crippen molar-refractivity contribution in [1.29, 1.82) is 0 Å². The maximum atomic E-state index is 13.3. The first-order valence-electron chi connectivity index (χ1n) is 12.9. The van der Waals surface area contributed by atoms with E-state index in [0.29, 0.717) is 21.8 Å². The fraction of sp³-hybridized carbons (Fsp3) is 0.0625. The Morgan fingerprint density at radius 3 is 1.26 bits per heavy atom. The van der Waals surface area contributed by atoms with Gasteiger partial charge < -0.3 is 14.9 Å². The molecular formula is C32H20N2O9. The van der Waals surface area contributed by atoms with E-state index in [1.807, 2.05) is 0 Å². The number of carboxylic acids is 2. The smallest absolute Gasteiger partial charge is 0.346 e. The third-order valence-corrected chi connectivity index (χ3v) is 7.36. The predicted molar refractivity (Wildman–Crippen MR) is 155 cm³/mol. The minimum Gasteiger partial charge on any atom is -0.478 e. The van der Waals surface area contributed by atoms with E-state index in [1.54, 1.807) is 48.5 Å². The molecule has 2 aromatic heterocycles. The number of esters is 2. The van der Waals surface area contributed by atoms with Crippen molar-refractivity contribution >= 4 is 79.3 Å². The lowest BCUT2D eigenvalue weighted by Crippen LogP contribution is -2.19. The van der Waals surface area contributed by atoms with Gasteiger partial charge in [-0.1, -0.05) is 36.4 Å². The van der Waals surface area contributed by atoms with Crippen LogP contribution in [0.2, 0.25) is 0 Å². The van der Waals surface area contributed by atoms with Crippen LogP contribution in [-0.4, -0.2) is 55.0 Å². The monoisotopic (exact) mass is 576 g/mol. The number of carboxylic acid groups (broad SMARTS) is 2. The van der Waals surface area contributed by atoms with E-state index in [1.165, 1.54) is 35.1 Å². The molecule has 0 saturated carbocycles. The second-order valence-corrected chi connectivity index (χ2v) is 9.79. The van der Waals surface area contributed by atoms with E-state index in [4.69, 9.17) is 4.74 Å². The molecule has 2 heterocycles. The van der Waals surface area contributed by atoms with Crippen LogP contribution in [0.3, 0.4) is 0 Å². The number of carbonyl (C=O) groups is 6. The number of fused-ring (bicyclic) bond motifs is 6. The molecule has 0 atom stereocenters. The molecule has 0 aliphatic heterocycles. The highest BCUT2D eigenvalue weighted by Crippen LogP contribution is 2.36. The Bertz CT molecular complexity index is 2110. The SMILES string of the molecule is CC(=O)n1c2ccccc2c2c(C(=O)O)c(C(=O)OC(=O)c3ccc4c(c3C(=O)O)c3ccccc3n4C(C)=O)ccc21.